The van der Waals surface area contributed by atoms with Crippen LogP contribution in [0.25, 0.3) is 0 Å². The summed E-state index contributed by atoms with van der Waals surface area (Å²) in [4.78, 5) is 11.7. The fourth-order valence-electron chi connectivity index (χ4n) is 1.59. The van der Waals surface area contributed by atoms with Crippen molar-refractivity contribution in [2.75, 3.05) is 11.9 Å². The molecule has 1 aromatic rings. The Bertz CT molecular complexity index is 417. The molecule has 18 heavy (non-hydrogen) atoms. The monoisotopic (exact) mass is 244 g/mol. The van der Waals surface area contributed by atoms with Crippen LogP contribution in [0.2, 0.25) is 0 Å². The van der Waals surface area contributed by atoms with Gasteiger partial charge in [0.15, 0.2) is 0 Å². The fraction of sp³-hybridized carbons (Fsp3) is 0.400. The maximum atomic E-state index is 11.7. The molecule has 2 N–H and O–H groups in total. The number of carbonyl (C=O) groups is 1. The topological polar surface area (TPSA) is 41.1 Å². The number of benzene rings is 1. The van der Waals surface area contributed by atoms with E-state index in [1.807, 2.05) is 31.2 Å². The maximum Gasteiger partial charge on any atom is 0.238 e. The number of aryl methyl sites for hydroxylation is 1. The first kappa shape index (κ1) is 14.3. The quantitative estimate of drug-likeness (QED) is 0.754. The number of anilines is 1. The third kappa shape index (κ3) is 5.03. The maximum absolute atomic E-state index is 11.7. The standard InChI is InChI=1S/C15H20N2O/c1-4-6-13(5-2)16-11-15(18)17-14-9-7-12(3)8-10-14/h2,7-10,13,16H,4,6,11H2,1,3H3,(H,17,18). The summed E-state index contributed by atoms with van der Waals surface area (Å²) in [6.45, 7) is 4.32. The van der Waals surface area contributed by atoms with Gasteiger partial charge >= 0.3 is 0 Å². The predicted molar refractivity (Wildman–Crippen MR) is 75.3 cm³/mol. The Balaban J connectivity index is 2.38. The Morgan fingerprint density at radius 2 is 2.06 bits per heavy atom. The van der Waals surface area contributed by atoms with Gasteiger partial charge in [-0.05, 0) is 25.5 Å². The average Bonchev–Trinajstić information content (AvgIpc) is 2.37. The predicted octanol–water partition coefficient (Wildman–Crippen LogP) is 2.33. The van der Waals surface area contributed by atoms with Gasteiger partial charge in [-0.3, -0.25) is 10.1 Å². The summed E-state index contributed by atoms with van der Waals surface area (Å²) in [5.74, 6) is 2.56. The van der Waals surface area contributed by atoms with Crippen molar-refractivity contribution in [2.24, 2.45) is 0 Å². The highest BCUT2D eigenvalue weighted by molar-refractivity contribution is 5.92. The van der Waals surface area contributed by atoms with Crippen molar-refractivity contribution in [1.29, 1.82) is 0 Å². The van der Waals surface area contributed by atoms with E-state index >= 15 is 0 Å². The minimum Gasteiger partial charge on any atom is -0.325 e. The first-order chi connectivity index (χ1) is 8.65. The minimum atomic E-state index is -0.0739. The van der Waals surface area contributed by atoms with E-state index < -0.39 is 0 Å². The number of terminal acetylenes is 1. The largest absolute Gasteiger partial charge is 0.325 e. The van der Waals surface area contributed by atoms with Crippen LogP contribution < -0.4 is 10.6 Å². The van der Waals surface area contributed by atoms with Crippen molar-refractivity contribution in [3.8, 4) is 12.3 Å². The van der Waals surface area contributed by atoms with Crippen molar-refractivity contribution >= 4 is 11.6 Å². The van der Waals surface area contributed by atoms with E-state index in [0.717, 1.165) is 18.5 Å². The molecule has 1 rings (SSSR count). The van der Waals surface area contributed by atoms with Gasteiger partial charge in [0.2, 0.25) is 5.91 Å². The Morgan fingerprint density at radius 3 is 2.61 bits per heavy atom. The molecule has 0 radical (unpaired) electrons. The van der Waals surface area contributed by atoms with Crippen molar-refractivity contribution in [1.82, 2.24) is 5.32 Å². The zero-order valence-electron chi connectivity index (χ0n) is 11.0. The molecule has 96 valence electrons. The van der Waals surface area contributed by atoms with Crippen LogP contribution >= 0.6 is 0 Å². The second-order valence-corrected chi connectivity index (χ2v) is 4.30. The van der Waals surface area contributed by atoms with Gasteiger partial charge < -0.3 is 5.32 Å². The van der Waals surface area contributed by atoms with Crippen molar-refractivity contribution in [2.45, 2.75) is 32.7 Å². The smallest absolute Gasteiger partial charge is 0.238 e. The first-order valence-electron chi connectivity index (χ1n) is 6.21. The van der Waals surface area contributed by atoms with Gasteiger partial charge in [-0.15, -0.1) is 6.42 Å². The van der Waals surface area contributed by atoms with Crippen LogP contribution in [0, 0.1) is 19.3 Å². The number of amides is 1. The van der Waals surface area contributed by atoms with Gasteiger partial charge in [-0.1, -0.05) is 37.0 Å². The third-order valence-electron chi connectivity index (χ3n) is 2.62. The molecule has 0 saturated heterocycles. The molecular weight excluding hydrogens is 224 g/mol. The molecule has 0 aliphatic rings. The molecule has 0 spiro atoms. The summed E-state index contributed by atoms with van der Waals surface area (Å²) in [7, 11) is 0. The van der Waals surface area contributed by atoms with Gasteiger partial charge in [0, 0.05) is 5.69 Å². The van der Waals surface area contributed by atoms with E-state index in [1.165, 1.54) is 5.56 Å². The van der Waals surface area contributed by atoms with E-state index in [2.05, 4.69) is 23.5 Å². The van der Waals surface area contributed by atoms with E-state index in [9.17, 15) is 4.79 Å². The summed E-state index contributed by atoms with van der Waals surface area (Å²) in [5.41, 5.74) is 1.97. The van der Waals surface area contributed by atoms with Crippen LogP contribution in [-0.2, 0) is 4.79 Å². The average molecular weight is 244 g/mol. The van der Waals surface area contributed by atoms with Crippen LogP contribution in [-0.4, -0.2) is 18.5 Å². The lowest BCUT2D eigenvalue weighted by Crippen LogP contribution is -2.35. The zero-order valence-corrected chi connectivity index (χ0v) is 11.0. The highest BCUT2D eigenvalue weighted by Crippen LogP contribution is 2.08. The minimum absolute atomic E-state index is 0.0289. The lowest BCUT2D eigenvalue weighted by atomic mass is 10.2. The molecule has 0 aliphatic carbocycles. The zero-order chi connectivity index (χ0) is 13.4. The molecule has 0 heterocycles. The van der Waals surface area contributed by atoms with Gasteiger partial charge in [0.1, 0.15) is 0 Å². The molecule has 0 saturated carbocycles. The molecule has 1 amide bonds. The van der Waals surface area contributed by atoms with Crippen LogP contribution in [0.4, 0.5) is 5.69 Å². The van der Waals surface area contributed by atoms with E-state index in [-0.39, 0.29) is 18.5 Å². The van der Waals surface area contributed by atoms with Gasteiger partial charge in [-0.25, -0.2) is 0 Å². The molecule has 1 unspecified atom stereocenters. The van der Waals surface area contributed by atoms with E-state index in [1.54, 1.807) is 0 Å². The Morgan fingerprint density at radius 1 is 1.39 bits per heavy atom. The first-order valence-corrected chi connectivity index (χ1v) is 6.21. The number of carbonyl (C=O) groups excluding carboxylic acids is 1. The van der Waals surface area contributed by atoms with Crippen LogP contribution in [0.15, 0.2) is 24.3 Å². The van der Waals surface area contributed by atoms with Crippen LogP contribution in [0.1, 0.15) is 25.3 Å². The molecule has 3 heteroatoms. The lowest BCUT2D eigenvalue weighted by molar-refractivity contribution is -0.115. The number of nitrogens with one attached hydrogen (secondary N) is 2. The summed E-state index contributed by atoms with van der Waals surface area (Å²) in [5, 5.41) is 5.87. The van der Waals surface area contributed by atoms with Crippen LogP contribution in [0.5, 0.6) is 0 Å². The van der Waals surface area contributed by atoms with Crippen molar-refractivity contribution < 1.29 is 4.79 Å². The SMILES string of the molecule is C#CC(CCC)NCC(=O)Nc1ccc(C)cc1. The Kier molecular flexibility index (Phi) is 5.96. The molecule has 3 nitrogen and oxygen atoms in total. The fourth-order valence-corrected chi connectivity index (χ4v) is 1.59. The normalized spacial score (nSPS) is 11.6. The second-order valence-electron chi connectivity index (χ2n) is 4.30. The lowest BCUT2D eigenvalue weighted by Gasteiger charge is -2.12. The van der Waals surface area contributed by atoms with Gasteiger partial charge in [0.25, 0.3) is 0 Å². The molecule has 0 aromatic heterocycles. The Hall–Kier alpha value is -1.79. The summed E-state index contributed by atoms with van der Waals surface area (Å²) in [6.07, 6.45) is 7.25. The highest BCUT2D eigenvalue weighted by atomic mass is 16.1. The van der Waals surface area contributed by atoms with Crippen molar-refractivity contribution in [3.05, 3.63) is 29.8 Å². The van der Waals surface area contributed by atoms with E-state index in [4.69, 9.17) is 6.42 Å². The Labute approximate surface area is 109 Å². The number of hydrogen-bond donors (Lipinski definition) is 2. The van der Waals surface area contributed by atoms with E-state index in [0.29, 0.717) is 0 Å². The molecule has 0 aliphatic heterocycles. The molecule has 0 fully saturated rings. The van der Waals surface area contributed by atoms with Crippen LogP contribution in [0.3, 0.4) is 0 Å². The molecule has 1 aromatic carbocycles. The molecule has 0 bridgehead atoms. The number of rotatable bonds is 6. The summed E-state index contributed by atoms with van der Waals surface area (Å²) < 4.78 is 0. The highest BCUT2D eigenvalue weighted by Gasteiger charge is 2.06. The molecular formula is C15H20N2O. The van der Waals surface area contributed by atoms with Gasteiger partial charge in [-0.2, -0.15) is 0 Å². The van der Waals surface area contributed by atoms with Gasteiger partial charge in [0.05, 0.1) is 12.6 Å². The number of hydrogen-bond acceptors (Lipinski definition) is 2. The summed E-state index contributed by atoms with van der Waals surface area (Å²) in [6, 6.07) is 7.67. The van der Waals surface area contributed by atoms with Crippen molar-refractivity contribution in [3.63, 3.8) is 0 Å². The summed E-state index contributed by atoms with van der Waals surface area (Å²) >= 11 is 0. The third-order valence-corrected chi connectivity index (χ3v) is 2.62. The second kappa shape index (κ2) is 7.52. The molecule has 1 atom stereocenters.